The van der Waals surface area contributed by atoms with Crippen molar-refractivity contribution in [3.05, 3.63) is 44.6 Å². The lowest BCUT2D eigenvalue weighted by Gasteiger charge is -2.08. The molecule has 0 heterocycles. The average molecular weight is 242 g/mol. The summed E-state index contributed by atoms with van der Waals surface area (Å²) in [6.45, 7) is 13.7. The van der Waals surface area contributed by atoms with E-state index in [4.69, 9.17) is 0 Å². The molecule has 0 aromatic heterocycles. The minimum absolute atomic E-state index is 1.22. The predicted octanol–water partition coefficient (Wildman–Crippen LogP) is 5.88. The summed E-state index contributed by atoms with van der Waals surface area (Å²) in [5, 5.41) is 0. The number of allylic oxidation sites excluding steroid dienone is 8. The first kappa shape index (κ1) is 13.4. The van der Waals surface area contributed by atoms with Crippen LogP contribution in [0.25, 0.3) is 0 Å². The van der Waals surface area contributed by atoms with E-state index in [1.165, 1.54) is 36.8 Å². The molecule has 0 saturated carbocycles. The Morgan fingerprint density at radius 1 is 0.556 bits per heavy atom. The molecule has 2 aliphatic rings. The van der Waals surface area contributed by atoms with Gasteiger partial charge in [-0.25, -0.2) is 0 Å². The van der Waals surface area contributed by atoms with Gasteiger partial charge in [-0.1, -0.05) is 22.3 Å². The van der Waals surface area contributed by atoms with Crippen LogP contribution in [0.1, 0.15) is 67.2 Å². The molecule has 0 spiro atoms. The van der Waals surface area contributed by atoms with Gasteiger partial charge >= 0.3 is 0 Å². The summed E-state index contributed by atoms with van der Waals surface area (Å²) in [5.41, 5.74) is 12.7. The molecular weight excluding hydrogens is 216 g/mol. The molecule has 0 aliphatic heterocycles. The van der Waals surface area contributed by atoms with Crippen LogP contribution in [0.4, 0.5) is 0 Å². The van der Waals surface area contributed by atoms with Gasteiger partial charge in [0.1, 0.15) is 0 Å². The molecule has 0 aromatic rings. The third-order valence-corrected chi connectivity index (χ3v) is 5.15. The molecule has 0 bridgehead atoms. The van der Waals surface area contributed by atoms with Gasteiger partial charge in [-0.05, 0) is 89.5 Å². The summed E-state index contributed by atoms with van der Waals surface area (Å²) >= 11 is 0. The first-order valence-corrected chi connectivity index (χ1v) is 7.12. The lowest BCUT2D eigenvalue weighted by Crippen LogP contribution is -1.89. The second kappa shape index (κ2) is 4.91. The highest BCUT2D eigenvalue weighted by molar-refractivity contribution is 5.47. The van der Waals surface area contributed by atoms with Gasteiger partial charge in [0, 0.05) is 0 Å². The smallest absolute Gasteiger partial charge is 0.00995 e. The third-order valence-electron chi connectivity index (χ3n) is 5.15. The van der Waals surface area contributed by atoms with E-state index in [9.17, 15) is 0 Å². The van der Waals surface area contributed by atoms with Crippen molar-refractivity contribution in [2.45, 2.75) is 67.2 Å². The van der Waals surface area contributed by atoms with Gasteiger partial charge in [0.05, 0.1) is 0 Å². The van der Waals surface area contributed by atoms with Crippen molar-refractivity contribution in [3.63, 3.8) is 0 Å². The number of rotatable bonds is 3. The molecule has 0 aromatic carbocycles. The first-order valence-electron chi connectivity index (χ1n) is 7.12. The van der Waals surface area contributed by atoms with Crippen molar-refractivity contribution in [1.29, 1.82) is 0 Å². The molecule has 0 fully saturated rings. The molecule has 0 nitrogen and oxygen atoms in total. The molecular formula is C18H26. The zero-order chi connectivity index (χ0) is 13.4. The molecule has 2 aliphatic carbocycles. The van der Waals surface area contributed by atoms with Crippen LogP contribution in [0.15, 0.2) is 44.6 Å². The second-order valence-corrected chi connectivity index (χ2v) is 6.12. The molecule has 0 atom stereocenters. The zero-order valence-electron chi connectivity index (χ0n) is 12.8. The predicted molar refractivity (Wildman–Crippen MR) is 80.6 cm³/mol. The Hall–Kier alpha value is -1.04. The van der Waals surface area contributed by atoms with E-state index >= 15 is 0 Å². The van der Waals surface area contributed by atoms with Crippen LogP contribution in [0.5, 0.6) is 0 Å². The molecule has 2 rings (SSSR count). The van der Waals surface area contributed by atoms with Crippen LogP contribution in [0.3, 0.4) is 0 Å². The third kappa shape index (κ3) is 2.25. The minimum Gasteiger partial charge on any atom is -0.0661 e. The maximum absolute atomic E-state index is 2.30. The van der Waals surface area contributed by atoms with Crippen molar-refractivity contribution in [2.75, 3.05) is 0 Å². The van der Waals surface area contributed by atoms with Gasteiger partial charge in [0.25, 0.3) is 0 Å². The Labute approximate surface area is 112 Å². The molecule has 0 amide bonds. The maximum atomic E-state index is 2.30. The van der Waals surface area contributed by atoms with Crippen molar-refractivity contribution >= 4 is 0 Å². The van der Waals surface area contributed by atoms with Crippen LogP contribution in [-0.2, 0) is 0 Å². The van der Waals surface area contributed by atoms with E-state index in [0.717, 1.165) is 0 Å². The maximum Gasteiger partial charge on any atom is -0.00995 e. The Kier molecular flexibility index (Phi) is 3.66. The summed E-state index contributed by atoms with van der Waals surface area (Å²) in [5.74, 6) is 0. The Morgan fingerprint density at radius 2 is 0.889 bits per heavy atom. The Morgan fingerprint density at radius 3 is 1.11 bits per heavy atom. The van der Waals surface area contributed by atoms with Crippen LogP contribution < -0.4 is 0 Å². The molecule has 0 radical (unpaired) electrons. The van der Waals surface area contributed by atoms with Gasteiger partial charge in [-0.2, -0.15) is 0 Å². The van der Waals surface area contributed by atoms with Gasteiger partial charge < -0.3 is 0 Å². The SMILES string of the molecule is CC1=C(C)C(C)=C(CCC2=C(C)C(C)=C(C)C2)C1. The molecule has 0 unspecified atom stereocenters. The zero-order valence-corrected chi connectivity index (χ0v) is 12.8. The van der Waals surface area contributed by atoms with Crippen LogP contribution in [-0.4, -0.2) is 0 Å². The summed E-state index contributed by atoms with van der Waals surface area (Å²) in [7, 11) is 0. The molecule has 18 heavy (non-hydrogen) atoms. The summed E-state index contributed by atoms with van der Waals surface area (Å²) in [6, 6.07) is 0. The standard InChI is InChI=1S/C18H26/c1-11-9-17(15(5)13(11)3)7-8-18-10-12(2)14(4)16(18)6/h7-10H2,1-6H3. The van der Waals surface area contributed by atoms with Crippen molar-refractivity contribution in [2.24, 2.45) is 0 Å². The first-order chi connectivity index (χ1) is 8.41. The van der Waals surface area contributed by atoms with E-state index in [2.05, 4.69) is 41.5 Å². The summed E-state index contributed by atoms with van der Waals surface area (Å²) in [4.78, 5) is 0. The van der Waals surface area contributed by atoms with E-state index < -0.39 is 0 Å². The Bertz CT molecular complexity index is 456. The fraction of sp³-hybridized carbons (Fsp3) is 0.556. The van der Waals surface area contributed by atoms with Gasteiger partial charge in [-0.3, -0.25) is 0 Å². The minimum atomic E-state index is 1.22. The molecule has 0 N–H and O–H groups in total. The average Bonchev–Trinajstić information content (AvgIpc) is 2.72. The highest BCUT2D eigenvalue weighted by Gasteiger charge is 2.18. The normalized spacial score (nSPS) is 21.0. The van der Waals surface area contributed by atoms with Gasteiger partial charge in [0.15, 0.2) is 0 Å². The van der Waals surface area contributed by atoms with Crippen LogP contribution in [0.2, 0.25) is 0 Å². The van der Waals surface area contributed by atoms with Gasteiger partial charge in [-0.15, -0.1) is 0 Å². The second-order valence-electron chi connectivity index (χ2n) is 6.12. The van der Waals surface area contributed by atoms with Crippen LogP contribution >= 0.6 is 0 Å². The largest absolute Gasteiger partial charge is 0.0661 e. The lowest BCUT2D eigenvalue weighted by atomic mass is 9.97. The highest BCUT2D eigenvalue weighted by Crippen LogP contribution is 2.38. The molecule has 0 saturated heterocycles. The number of hydrogen-bond acceptors (Lipinski definition) is 0. The quantitative estimate of drug-likeness (QED) is 0.579. The monoisotopic (exact) mass is 242 g/mol. The molecule has 0 heteroatoms. The fourth-order valence-corrected chi connectivity index (χ4v) is 3.19. The van der Waals surface area contributed by atoms with E-state index in [1.54, 1.807) is 33.4 Å². The Balaban J connectivity index is 2.01. The molecule has 98 valence electrons. The van der Waals surface area contributed by atoms with E-state index in [-0.39, 0.29) is 0 Å². The summed E-state index contributed by atoms with van der Waals surface area (Å²) in [6.07, 6.45) is 4.95. The highest BCUT2D eigenvalue weighted by atomic mass is 14.2. The summed E-state index contributed by atoms with van der Waals surface area (Å²) < 4.78 is 0. The topological polar surface area (TPSA) is 0 Å². The van der Waals surface area contributed by atoms with E-state index in [0.29, 0.717) is 0 Å². The fourth-order valence-electron chi connectivity index (χ4n) is 3.19. The van der Waals surface area contributed by atoms with E-state index in [1.807, 2.05) is 0 Å². The lowest BCUT2D eigenvalue weighted by molar-refractivity contribution is 0.858. The van der Waals surface area contributed by atoms with Crippen molar-refractivity contribution in [1.82, 2.24) is 0 Å². The van der Waals surface area contributed by atoms with Crippen molar-refractivity contribution < 1.29 is 0 Å². The van der Waals surface area contributed by atoms with Crippen LogP contribution in [0, 0.1) is 0 Å². The van der Waals surface area contributed by atoms with Gasteiger partial charge in [0.2, 0.25) is 0 Å². The van der Waals surface area contributed by atoms with Crippen molar-refractivity contribution in [3.8, 4) is 0 Å². The number of hydrogen-bond donors (Lipinski definition) is 0.